The highest BCUT2D eigenvalue weighted by atomic mass is 19.1. The highest BCUT2D eigenvalue weighted by Gasteiger charge is 2.23. The lowest BCUT2D eigenvalue weighted by Gasteiger charge is -2.13. The molecule has 0 radical (unpaired) electrons. The lowest BCUT2D eigenvalue weighted by atomic mass is 9.94. The molecule has 1 atom stereocenters. The van der Waals surface area contributed by atoms with Crippen molar-refractivity contribution in [1.29, 1.82) is 0 Å². The molecule has 11 heteroatoms. The van der Waals surface area contributed by atoms with Crippen LogP contribution in [-0.2, 0) is 11.2 Å². The Morgan fingerprint density at radius 2 is 1.85 bits per heavy atom. The number of aliphatic carboxylic acids is 1. The van der Waals surface area contributed by atoms with Crippen LogP contribution >= 0.6 is 0 Å². The normalized spacial score (nSPS) is 12.1. The maximum Gasteiger partial charge on any atom is 0.303 e. The number of nitrogens with one attached hydrogen (secondary N) is 1. The number of aryl methyl sites for hydroxylation is 1. The van der Waals surface area contributed by atoms with Crippen LogP contribution in [0.3, 0.4) is 0 Å². The molecule has 7 nitrogen and oxygen atoms in total. The maximum atomic E-state index is 15.2. The van der Waals surface area contributed by atoms with E-state index >= 15 is 8.78 Å². The molecule has 0 aliphatic heterocycles. The van der Waals surface area contributed by atoms with Crippen molar-refractivity contribution in [3.63, 3.8) is 0 Å². The number of aromatic nitrogens is 3. The predicted octanol–water partition coefficient (Wildman–Crippen LogP) is 6.88. The number of carboxylic acid groups (broad SMARTS) is 1. The Morgan fingerprint density at radius 1 is 1.05 bits per heavy atom. The number of methoxy groups -OCH3 is 1. The van der Waals surface area contributed by atoms with Crippen LogP contribution in [0, 0.1) is 23.3 Å². The molecule has 206 valence electrons. The van der Waals surface area contributed by atoms with Gasteiger partial charge in [0.15, 0.2) is 17.4 Å². The molecule has 0 saturated heterocycles. The number of rotatable bonds is 9. The summed E-state index contributed by atoms with van der Waals surface area (Å²) in [7, 11) is 1.35. The highest BCUT2D eigenvalue weighted by molar-refractivity contribution is 5.82. The fourth-order valence-corrected chi connectivity index (χ4v) is 4.48. The first-order valence-electron chi connectivity index (χ1n) is 12.2. The summed E-state index contributed by atoms with van der Waals surface area (Å²) < 4.78 is 71.8. The Balaban J connectivity index is 1.49. The average molecular weight is 554 g/mol. The Bertz CT molecular complexity index is 1730. The van der Waals surface area contributed by atoms with E-state index in [1.54, 1.807) is 19.1 Å². The highest BCUT2D eigenvalue weighted by Crippen LogP contribution is 2.36. The second-order valence-electron chi connectivity index (χ2n) is 9.11. The summed E-state index contributed by atoms with van der Waals surface area (Å²) in [5, 5.41) is 13.5. The first-order chi connectivity index (χ1) is 19.2. The van der Waals surface area contributed by atoms with Gasteiger partial charge in [-0.2, -0.15) is 9.78 Å². The van der Waals surface area contributed by atoms with E-state index < -0.39 is 40.9 Å². The Hall–Kier alpha value is -4.80. The van der Waals surface area contributed by atoms with Gasteiger partial charge in [-0.1, -0.05) is 25.1 Å². The van der Waals surface area contributed by atoms with Gasteiger partial charge in [0.1, 0.15) is 23.1 Å². The number of fused-ring (bicyclic) bond motifs is 1. The summed E-state index contributed by atoms with van der Waals surface area (Å²) >= 11 is 0. The van der Waals surface area contributed by atoms with Gasteiger partial charge in [0.2, 0.25) is 5.88 Å². The summed E-state index contributed by atoms with van der Waals surface area (Å²) in [6, 6.07) is 12.3. The van der Waals surface area contributed by atoms with Crippen molar-refractivity contribution in [3.8, 4) is 23.1 Å². The van der Waals surface area contributed by atoms with Gasteiger partial charge in [-0.3, -0.25) is 4.79 Å². The molecule has 2 heterocycles. The fourth-order valence-electron chi connectivity index (χ4n) is 4.48. The van der Waals surface area contributed by atoms with Crippen LogP contribution in [0.4, 0.5) is 17.6 Å². The van der Waals surface area contributed by atoms with Crippen molar-refractivity contribution in [2.24, 2.45) is 0 Å². The number of nitrogens with zero attached hydrogens (tertiary/aromatic N) is 2. The minimum atomic E-state index is -1.04. The van der Waals surface area contributed by atoms with Crippen LogP contribution in [0.1, 0.15) is 36.1 Å². The molecule has 2 N–H and O–H groups in total. The number of halogens is 4. The van der Waals surface area contributed by atoms with E-state index in [1.807, 2.05) is 0 Å². The maximum absolute atomic E-state index is 15.2. The number of carbonyl (C=O) groups is 1. The molecule has 0 fully saturated rings. The van der Waals surface area contributed by atoms with Crippen LogP contribution in [-0.4, -0.2) is 33.0 Å². The lowest BCUT2D eigenvalue weighted by Crippen LogP contribution is -2.07. The molecular weight excluding hydrogens is 530 g/mol. The molecule has 5 aromatic rings. The topological polar surface area (TPSA) is 89.4 Å². The van der Waals surface area contributed by atoms with Crippen LogP contribution in [0.15, 0.2) is 60.8 Å². The number of carboxylic acids is 1. The first-order valence-corrected chi connectivity index (χ1v) is 12.2. The average Bonchev–Trinajstić information content (AvgIpc) is 3.58. The summed E-state index contributed by atoms with van der Waals surface area (Å²) in [5.74, 6) is -5.37. The smallest absolute Gasteiger partial charge is 0.303 e. The predicted molar refractivity (Wildman–Crippen MR) is 138 cm³/mol. The summed E-state index contributed by atoms with van der Waals surface area (Å²) in [5.41, 5.74) is 0.998. The van der Waals surface area contributed by atoms with Gasteiger partial charge < -0.3 is 19.6 Å². The Kier molecular flexibility index (Phi) is 7.20. The van der Waals surface area contributed by atoms with Crippen molar-refractivity contribution in [1.82, 2.24) is 14.8 Å². The van der Waals surface area contributed by atoms with Gasteiger partial charge in [0, 0.05) is 42.1 Å². The number of ether oxygens (including phenoxy) is 2. The fraction of sp³-hybridized carbons (Fsp3) is 0.172. The molecule has 0 amide bonds. The number of hydrogen-bond acceptors (Lipinski definition) is 4. The van der Waals surface area contributed by atoms with Crippen LogP contribution in [0.25, 0.3) is 16.6 Å². The molecule has 1 unspecified atom stereocenters. The number of H-pyrrole nitrogens is 1. The van der Waals surface area contributed by atoms with Gasteiger partial charge in [0.25, 0.3) is 0 Å². The molecule has 40 heavy (non-hydrogen) atoms. The van der Waals surface area contributed by atoms with Gasteiger partial charge in [-0.15, -0.1) is 0 Å². The van der Waals surface area contributed by atoms with Crippen molar-refractivity contribution >= 4 is 16.9 Å². The number of benzene rings is 3. The van der Waals surface area contributed by atoms with E-state index in [9.17, 15) is 13.6 Å². The summed E-state index contributed by atoms with van der Waals surface area (Å²) in [6.45, 7) is 1.70. The van der Waals surface area contributed by atoms with Crippen molar-refractivity contribution in [3.05, 3.63) is 101 Å². The monoisotopic (exact) mass is 553 g/mol. The molecular formula is C29H23F4N3O4. The molecule has 0 spiro atoms. The van der Waals surface area contributed by atoms with Crippen molar-refractivity contribution in [2.45, 2.75) is 25.7 Å². The summed E-state index contributed by atoms with van der Waals surface area (Å²) in [4.78, 5) is 13.7. The third-order valence-electron chi connectivity index (χ3n) is 6.60. The number of hydrogen-bond donors (Lipinski definition) is 2. The third-order valence-corrected chi connectivity index (χ3v) is 6.60. The largest absolute Gasteiger partial charge is 0.481 e. The molecule has 0 saturated carbocycles. The van der Waals surface area contributed by atoms with E-state index in [-0.39, 0.29) is 52.2 Å². The van der Waals surface area contributed by atoms with Gasteiger partial charge in [0.05, 0.1) is 18.3 Å². The lowest BCUT2D eigenvalue weighted by molar-refractivity contribution is -0.136. The third kappa shape index (κ3) is 4.97. The van der Waals surface area contributed by atoms with E-state index in [4.69, 9.17) is 14.6 Å². The summed E-state index contributed by atoms with van der Waals surface area (Å²) in [6.07, 6.45) is 1.27. The Labute approximate surface area is 225 Å². The SMILES string of the molecule is COc1cc(C(C)c2cccc(CCC(=O)O)c2F)nn1-c1cc(Oc2c(F)cc3[nH]ccc3c2F)ccc1F. The van der Waals surface area contributed by atoms with Gasteiger partial charge in [-0.05, 0) is 35.7 Å². The van der Waals surface area contributed by atoms with Crippen LogP contribution in [0.2, 0.25) is 0 Å². The van der Waals surface area contributed by atoms with E-state index in [0.29, 0.717) is 5.69 Å². The van der Waals surface area contributed by atoms with Crippen molar-refractivity contribution < 1.29 is 36.9 Å². The molecule has 2 aromatic heterocycles. The molecule has 3 aromatic carbocycles. The number of aromatic amines is 1. The second kappa shape index (κ2) is 10.8. The minimum Gasteiger partial charge on any atom is -0.481 e. The second-order valence-corrected chi connectivity index (χ2v) is 9.11. The van der Waals surface area contributed by atoms with Gasteiger partial charge in [-0.25, -0.2) is 17.6 Å². The minimum absolute atomic E-state index is 0.0235. The van der Waals surface area contributed by atoms with E-state index in [2.05, 4.69) is 10.1 Å². The molecule has 0 aliphatic rings. The zero-order chi connectivity index (χ0) is 28.6. The first kappa shape index (κ1) is 26.8. The van der Waals surface area contributed by atoms with E-state index in [1.165, 1.54) is 43.6 Å². The quantitative estimate of drug-likeness (QED) is 0.194. The van der Waals surface area contributed by atoms with Crippen molar-refractivity contribution in [2.75, 3.05) is 7.11 Å². The molecule has 0 aliphatic carbocycles. The zero-order valence-electron chi connectivity index (χ0n) is 21.3. The van der Waals surface area contributed by atoms with Crippen LogP contribution < -0.4 is 9.47 Å². The standard InChI is InChI=1S/C29H23F4N3O4/c1-15(18-5-3-4-16(27(18)32)6-9-26(37)38)22-14-25(39-2)36(35-22)24-12-17(7-8-20(24)30)40-29-21(31)13-23-19(28(29)33)10-11-34-23/h3-5,7-8,10-15,34H,6,9H2,1-2H3,(H,37,38). The van der Waals surface area contributed by atoms with Crippen LogP contribution in [0.5, 0.6) is 17.4 Å². The van der Waals surface area contributed by atoms with Gasteiger partial charge >= 0.3 is 5.97 Å². The zero-order valence-corrected chi connectivity index (χ0v) is 21.3. The molecule has 5 rings (SSSR count). The molecule has 0 bridgehead atoms. The Morgan fingerprint density at radius 3 is 2.60 bits per heavy atom. The van der Waals surface area contributed by atoms with E-state index in [0.717, 1.165) is 16.8 Å².